The van der Waals surface area contributed by atoms with Gasteiger partial charge in [0.2, 0.25) is 5.91 Å². The Morgan fingerprint density at radius 2 is 1.94 bits per heavy atom. The molecule has 1 saturated heterocycles. The molecule has 1 amide bonds. The van der Waals surface area contributed by atoms with Gasteiger partial charge in [0.15, 0.2) is 11.2 Å². The van der Waals surface area contributed by atoms with Crippen LogP contribution in [0, 0.1) is 22.6 Å². The van der Waals surface area contributed by atoms with Gasteiger partial charge in [0.05, 0.1) is 12.1 Å². The summed E-state index contributed by atoms with van der Waals surface area (Å²) in [6, 6.07) is 14.3. The van der Waals surface area contributed by atoms with Gasteiger partial charge in [0, 0.05) is 40.1 Å². The Hall–Kier alpha value is -4.02. The fourth-order valence-corrected chi connectivity index (χ4v) is 5.30. The highest BCUT2D eigenvalue weighted by molar-refractivity contribution is 6.30. The van der Waals surface area contributed by atoms with Crippen LogP contribution >= 0.6 is 11.6 Å². The van der Waals surface area contributed by atoms with Gasteiger partial charge < -0.3 is 10.6 Å². The molecule has 3 aromatic rings. The number of amides is 1. The number of hydrogen-bond acceptors (Lipinski definition) is 5. The van der Waals surface area contributed by atoms with E-state index in [1.54, 1.807) is 65.7 Å². The molecule has 0 spiro atoms. The molecule has 2 aliphatic heterocycles. The van der Waals surface area contributed by atoms with Crippen LogP contribution in [-0.2, 0) is 4.79 Å². The van der Waals surface area contributed by atoms with E-state index in [1.807, 2.05) is 0 Å². The van der Waals surface area contributed by atoms with E-state index in [0.717, 1.165) is 0 Å². The number of nitrogens with zero attached hydrogens (tertiary/aromatic N) is 3. The van der Waals surface area contributed by atoms with E-state index in [-0.39, 0.29) is 5.78 Å². The maximum Gasteiger partial charge on any atom is 0.241 e. The van der Waals surface area contributed by atoms with Gasteiger partial charge in [-0.3, -0.25) is 14.6 Å². The number of Topliss-reactive ketones (excluding diaryl/α,β-unsaturated/α-hetero) is 1. The van der Waals surface area contributed by atoms with Crippen molar-refractivity contribution in [3.8, 4) is 6.07 Å². The van der Waals surface area contributed by atoms with Crippen molar-refractivity contribution in [2.24, 2.45) is 11.1 Å². The Morgan fingerprint density at radius 1 is 1.18 bits per heavy atom. The quantitative estimate of drug-likeness (QED) is 0.576. The molecule has 0 saturated carbocycles. The van der Waals surface area contributed by atoms with Gasteiger partial charge in [-0.25, -0.2) is 4.39 Å². The van der Waals surface area contributed by atoms with E-state index >= 15 is 0 Å². The van der Waals surface area contributed by atoms with E-state index in [9.17, 15) is 19.2 Å². The molecular formula is C26H18ClFN4O2. The average molecular weight is 473 g/mol. The van der Waals surface area contributed by atoms with Gasteiger partial charge in [-0.15, -0.1) is 0 Å². The Morgan fingerprint density at radius 3 is 2.59 bits per heavy atom. The number of rotatable bonds is 4. The number of carbonyl (C=O) groups is 2. The largest absolute Gasteiger partial charge is 0.368 e. The summed E-state index contributed by atoms with van der Waals surface area (Å²) in [5.74, 6) is -2.54. The Bertz CT molecular complexity index is 1370. The summed E-state index contributed by atoms with van der Waals surface area (Å²) in [6.45, 7) is 0. The minimum Gasteiger partial charge on any atom is -0.368 e. The smallest absolute Gasteiger partial charge is 0.241 e. The lowest BCUT2D eigenvalue weighted by Crippen LogP contribution is -2.49. The van der Waals surface area contributed by atoms with Crippen molar-refractivity contribution in [2.75, 3.05) is 4.90 Å². The summed E-state index contributed by atoms with van der Waals surface area (Å²) in [7, 11) is 0. The number of carbonyl (C=O) groups excluding carboxylic acids is 2. The topological polar surface area (TPSA) is 100 Å². The number of nitriles is 1. The minimum atomic E-state index is -1.78. The normalized spacial score (nSPS) is 24.7. The zero-order valence-corrected chi connectivity index (χ0v) is 18.5. The van der Waals surface area contributed by atoms with Gasteiger partial charge in [-0.2, -0.15) is 5.26 Å². The van der Waals surface area contributed by atoms with Crippen molar-refractivity contribution in [3.63, 3.8) is 0 Å². The number of fused-ring (bicyclic) bond motifs is 3. The molecular weight excluding hydrogens is 455 g/mol. The number of primary amides is 1. The Balaban J connectivity index is 1.80. The second-order valence-electron chi connectivity index (χ2n) is 8.34. The second-order valence-corrected chi connectivity index (χ2v) is 8.78. The lowest BCUT2D eigenvalue weighted by atomic mass is 9.68. The summed E-state index contributed by atoms with van der Waals surface area (Å²) in [6.07, 6.45) is 6.41. The number of aromatic nitrogens is 1. The van der Waals surface area contributed by atoms with Crippen LogP contribution < -0.4 is 10.6 Å². The third-order valence-electron chi connectivity index (χ3n) is 6.63. The number of nitrogens with two attached hydrogens (primary N) is 1. The number of benzene rings is 2. The molecule has 6 nitrogen and oxygen atoms in total. The van der Waals surface area contributed by atoms with Crippen molar-refractivity contribution in [3.05, 3.63) is 101 Å². The van der Waals surface area contributed by atoms with Crippen molar-refractivity contribution < 1.29 is 14.0 Å². The van der Waals surface area contributed by atoms with Gasteiger partial charge in [0.25, 0.3) is 0 Å². The predicted octanol–water partition coefficient (Wildman–Crippen LogP) is 4.12. The molecule has 8 heteroatoms. The second kappa shape index (κ2) is 8.08. The molecule has 5 rings (SSSR count). The monoisotopic (exact) mass is 472 g/mol. The fourth-order valence-electron chi connectivity index (χ4n) is 5.18. The first-order valence-electron chi connectivity index (χ1n) is 10.6. The number of hydrogen-bond donors (Lipinski definition) is 1. The highest BCUT2D eigenvalue weighted by atomic mass is 35.5. The molecule has 0 radical (unpaired) electrons. The van der Waals surface area contributed by atoms with Crippen LogP contribution in [0.3, 0.4) is 0 Å². The molecule has 2 aromatic carbocycles. The first kappa shape index (κ1) is 21.8. The van der Waals surface area contributed by atoms with Gasteiger partial charge >= 0.3 is 0 Å². The SMILES string of the molecule is N#C[C@]1(C(N)=O)[C@@H](c2cccnc2)[C@H](C(=O)c2ccc(Cl)cc2)N2c3ccc(F)cc3C=C[C@@H]21. The maximum atomic E-state index is 14.0. The van der Waals surface area contributed by atoms with Crippen molar-refractivity contribution >= 4 is 35.1 Å². The summed E-state index contributed by atoms with van der Waals surface area (Å²) < 4.78 is 14.0. The van der Waals surface area contributed by atoms with Crippen molar-refractivity contribution in [1.29, 1.82) is 5.26 Å². The Labute approximate surface area is 200 Å². The molecule has 168 valence electrons. The van der Waals surface area contributed by atoms with Crippen LogP contribution in [-0.4, -0.2) is 28.8 Å². The number of anilines is 1. The van der Waals surface area contributed by atoms with E-state index in [4.69, 9.17) is 17.3 Å². The van der Waals surface area contributed by atoms with Gasteiger partial charge in [0.1, 0.15) is 11.9 Å². The van der Waals surface area contributed by atoms with E-state index in [2.05, 4.69) is 11.1 Å². The van der Waals surface area contributed by atoms with E-state index < -0.39 is 35.1 Å². The summed E-state index contributed by atoms with van der Waals surface area (Å²) in [4.78, 5) is 33.0. The van der Waals surface area contributed by atoms with E-state index in [1.165, 1.54) is 18.3 Å². The molecule has 2 N–H and O–H groups in total. The Kier molecular flexibility index (Phi) is 5.18. The lowest BCUT2D eigenvalue weighted by molar-refractivity contribution is -0.125. The molecule has 0 aliphatic carbocycles. The first-order valence-corrected chi connectivity index (χ1v) is 10.9. The molecule has 1 fully saturated rings. The molecule has 3 heterocycles. The molecule has 2 aliphatic rings. The van der Waals surface area contributed by atoms with Crippen LogP contribution in [0.15, 0.2) is 73.1 Å². The van der Waals surface area contributed by atoms with Gasteiger partial charge in [-0.05, 0) is 54.1 Å². The summed E-state index contributed by atoms with van der Waals surface area (Å²) in [5.41, 5.74) is 6.09. The highest BCUT2D eigenvalue weighted by Crippen LogP contribution is 2.55. The van der Waals surface area contributed by atoms with Crippen LogP contribution in [0.25, 0.3) is 6.08 Å². The average Bonchev–Trinajstić information content (AvgIpc) is 3.16. The minimum absolute atomic E-state index is 0.320. The fraction of sp³-hybridized carbons (Fsp3) is 0.154. The molecule has 4 atom stereocenters. The molecule has 0 unspecified atom stereocenters. The van der Waals surface area contributed by atoms with Gasteiger partial charge in [-0.1, -0.05) is 29.8 Å². The third-order valence-corrected chi connectivity index (χ3v) is 6.88. The zero-order valence-electron chi connectivity index (χ0n) is 17.7. The van der Waals surface area contributed by atoms with Crippen molar-refractivity contribution in [1.82, 2.24) is 4.98 Å². The molecule has 1 aromatic heterocycles. The summed E-state index contributed by atoms with van der Waals surface area (Å²) in [5, 5.41) is 10.9. The highest BCUT2D eigenvalue weighted by Gasteiger charge is 2.65. The van der Waals surface area contributed by atoms with E-state index in [0.29, 0.717) is 27.4 Å². The van der Waals surface area contributed by atoms with Crippen LogP contribution in [0.2, 0.25) is 5.02 Å². The van der Waals surface area contributed by atoms with Crippen LogP contribution in [0.4, 0.5) is 10.1 Å². The number of ketones is 1. The number of halogens is 2. The van der Waals surface area contributed by atoms with Crippen molar-refractivity contribution in [2.45, 2.75) is 18.0 Å². The maximum absolute atomic E-state index is 14.0. The zero-order chi connectivity index (χ0) is 24.0. The molecule has 0 bridgehead atoms. The third kappa shape index (κ3) is 3.11. The first-order chi connectivity index (χ1) is 16.4. The molecule has 34 heavy (non-hydrogen) atoms. The van der Waals surface area contributed by atoms with Crippen LogP contribution in [0.5, 0.6) is 0 Å². The lowest BCUT2D eigenvalue weighted by Gasteiger charge is -2.36. The number of pyridine rings is 1. The van der Waals surface area contributed by atoms with Crippen LogP contribution in [0.1, 0.15) is 27.4 Å². The summed E-state index contributed by atoms with van der Waals surface area (Å²) >= 11 is 6.02. The predicted molar refractivity (Wildman–Crippen MR) is 125 cm³/mol. The standard InChI is InChI=1S/C26H18ClFN4O2/c27-18-6-3-15(4-7-18)24(33)23-22(17-2-1-11-31-13-17)26(14-29,25(30)34)21-10-5-16-12-19(28)8-9-20(16)32(21)23/h1-13,21-23H,(H2,30,34)/t21-,22+,23-,26-/m1/s1.